The molecule has 2 aromatic rings. The fraction of sp³-hybridized carbons (Fsp3) is 0.250. The highest BCUT2D eigenvalue weighted by Crippen LogP contribution is 2.25. The number of aromatic nitrogens is 1. The summed E-state index contributed by atoms with van der Waals surface area (Å²) in [5.41, 5.74) is 2.11. The van der Waals surface area contributed by atoms with Gasteiger partial charge in [-0.25, -0.2) is 4.39 Å². The highest BCUT2D eigenvalue weighted by molar-refractivity contribution is 6.35. The lowest BCUT2D eigenvalue weighted by atomic mass is 10.1. The molecule has 0 aliphatic heterocycles. The maximum absolute atomic E-state index is 13.3. The third-order valence-electron chi connectivity index (χ3n) is 2.45. The van der Waals surface area contributed by atoms with Gasteiger partial charge in [0.05, 0.1) is 10.5 Å². The van der Waals surface area contributed by atoms with Crippen LogP contribution in [-0.2, 0) is 6.42 Å². The van der Waals surface area contributed by atoms with Crippen molar-refractivity contribution in [2.75, 3.05) is 0 Å². The van der Waals surface area contributed by atoms with Crippen LogP contribution in [0.3, 0.4) is 0 Å². The average molecular weight is 224 g/mol. The molecular formula is C12H11ClFN. The van der Waals surface area contributed by atoms with E-state index in [9.17, 15) is 4.39 Å². The molecule has 0 spiro atoms. The summed E-state index contributed by atoms with van der Waals surface area (Å²) >= 11 is 6.10. The van der Waals surface area contributed by atoms with Crippen LogP contribution in [0.15, 0.2) is 18.2 Å². The lowest BCUT2D eigenvalue weighted by Gasteiger charge is -2.05. The molecule has 0 radical (unpaired) electrons. The number of aryl methyl sites for hydroxylation is 2. The van der Waals surface area contributed by atoms with E-state index in [0.29, 0.717) is 16.1 Å². The highest BCUT2D eigenvalue weighted by atomic mass is 35.5. The van der Waals surface area contributed by atoms with Gasteiger partial charge >= 0.3 is 0 Å². The zero-order chi connectivity index (χ0) is 11.0. The van der Waals surface area contributed by atoms with Crippen molar-refractivity contribution in [2.45, 2.75) is 20.3 Å². The Bertz CT molecular complexity index is 523. The van der Waals surface area contributed by atoms with E-state index in [4.69, 9.17) is 11.6 Å². The molecule has 1 nitrogen and oxygen atoms in total. The van der Waals surface area contributed by atoms with Gasteiger partial charge in [-0.1, -0.05) is 18.5 Å². The Morgan fingerprint density at radius 3 is 2.73 bits per heavy atom. The molecule has 0 aliphatic rings. The highest BCUT2D eigenvalue weighted by Gasteiger charge is 2.06. The lowest BCUT2D eigenvalue weighted by molar-refractivity contribution is 0.620. The van der Waals surface area contributed by atoms with Gasteiger partial charge in [0.15, 0.2) is 0 Å². The number of fused-ring (bicyclic) bond motifs is 1. The maximum Gasteiger partial charge on any atom is 0.128 e. The minimum absolute atomic E-state index is 0.237. The topological polar surface area (TPSA) is 12.9 Å². The van der Waals surface area contributed by atoms with Crippen molar-refractivity contribution in [3.63, 3.8) is 0 Å². The van der Waals surface area contributed by atoms with Gasteiger partial charge in [-0.2, -0.15) is 0 Å². The summed E-state index contributed by atoms with van der Waals surface area (Å²) in [5.74, 6) is -0.237. The summed E-state index contributed by atoms with van der Waals surface area (Å²) in [7, 11) is 0. The zero-order valence-corrected chi connectivity index (χ0v) is 9.40. The van der Waals surface area contributed by atoms with E-state index in [1.165, 1.54) is 6.07 Å². The Labute approximate surface area is 92.9 Å². The van der Waals surface area contributed by atoms with Crippen LogP contribution in [0.25, 0.3) is 10.9 Å². The second-order valence-corrected chi connectivity index (χ2v) is 3.97. The summed E-state index contributed by atoms with van der Waals surface area (Å²) in [4.78, 5) is 4.33. The molecule has 3 heteroatoms. The summed E-state index contributed by atoms with van der Waals surface area (Å²) in [6.07, 6.45) is 0.797. The van der Waals surface area contributed by atoms with Gasteiger partial charge < -0.3 is 0 Å². The Morgan fingerprint density at radius 2 is 2.07 bits per heavy atom. The average Bonchev–Trinajstić information content (AvgIpc) is 2.21. The first kappa shape index (κ1) is 10.4. The van der Waals surface area contributed by atoms with Crippen LogP contribution in [0.4, 0.5) is 4.39 Å². The first-order valence-electron chi connectivity index (χ1n) is 4.87. The molecular weight excluding hydrogens is 213 g/mol. The molecule has 0 unspecified atom stereocenters. The van der Waals surface area contributed by atoms with Crippen molar-refractivity contribution in [3.8, 4) is 0 Å². The predicted octanol–water partition coefficient (Wildman–Crippen LogP) is 3.90. The van der Waals surface area contributed by atoms with Crippen molar-refractivity contribution in [3.05, 3.63) is 40.3 Å². The molecule has 0 N–H and O–H groups in total. The Kier molecular flexibility index (Phi) is 2.61. The quantitative estimate of drug-likeness (QED) is 0.715. The van der Waals surface area contributed by atoms with Crippen LogP contribution in [0.1, 0.15) is 18.2 Å². The molecule has 0 amide bonds. The molecule has 15 heavy (non-hydrogen) atoms. The maximum atomic E-state index is 13.3. The zero-order valence-electron chi connectivity index (χ0n) is 8.64. The smallest absolute Gasteiger partial charge is 0.128 e. The van der Waals surface area contributed by atoms with E-state index >= 15 is 0 Å². The molecule has 0 aliphatic carbocycles. The second kappa shape index (κ2) is 3.78. The van der Waals surface area contributed by atoms with Crippen molar-refractivity contribution in [1.82, 2.24) is 4.98 Å². The number of halogens is 2. The first-order valence-corrected chi connectivity index (χ1v) is 5.25. The van der Waals surface area contributed by atoms with Gasteiger partial charge in [-0.15, -0.1) is 0 Å². The molecule has 1 aromatic carbocycles. The monoisotopic (exact) mass is 223 g/mol. The summed E-state index contributed by atoms with van der Waals surface area (Å²) in [6, 6.07) is 5.01. The van der Waals surface area contributed by atoms with Crippen molar-refractivity contribution in [1.29, 1.82) is 0 Å². The van der Waals surface area contributed by atoms with Gasteiger partial charge in [-0.05, 0) is 31.0 Å². The largest absolute Gasteiger partial charge is 0.253 e. The van der Waals surface area contributed by atoms with Gasteiger partial charge in [0, 0.05) is 17.1 Å². The number of nitrogens with zero attached hydrogens (tertiary/aromatic N) is 1. The van der Waals surface area contributed by atoms with Gasteiger partial charge in [0.25, 0.3) is 0 Å². The minimum Gasteiger partial charge on any atom is -0.253 e. The molecule has 2 rings (SSSR count). The van der Waals surface area contributed by atoms with E-state index in [-0.39, 0.29) is 5.82 Å². The van der Waals surface area contributed by atoms with E-state index in [2.05, 4.69) is 4.98 Å². The van der Waals surface area contributed by atoms with E-state index in [1.54, 1.807) is 13.0 Å². The molecule has 0 saturated carbocycles. The second-order valence-electron chi connectivity index (χ2n) is 3.57. The van der Waals surface area contributed by atoms with Crippen LogP contribution in [0.5, 0.6) is 0 Å². The van der Waals surface area contributed by atoms with Gasteiger partial charge in [0.1, 0.15) is 5.82 Å². The number of hydrogen-bond acceptors (Lipinski definition) is 1. The van der Waals surface area contributed by atoms with Crippen LogP contribution in [-0.4, -0.2) is 4.98 Å². The molecule has 0 atom stereocenters. The number of hydrogen-bond donors (Lipinski definition) is 0. The van der Waals surface area contributed by atoms with E-state index in [0.717, 1.165) is 17.5 Å². The van der Waals surface area contributed by atoms with Crippen LogP contribution < -0.4 is 0 Å². The molecule has 1 aromatic heterocycles. The number of pyridine rings is 1. The van der Waals surface area contributed by atoms with Gasteiger partial charge in [0.2, 0.25) is 0 Å². The van der Waals surface area contributed by atoms with Crippen LogP contribution >= 0.6 is 11.6 Å². The molecule has 0 fully saturated rings. The SMILES string of the molecule is CCc1cc(Cl)c2cc(C)c(F)cc2n1. The molecule has 78 valence electrons. The van der Waals surface area contributed by atoms with Crippen molar-refractivity contribution >= 4 is 22.5 Å². The van der Waals surface area contributed by atoms with Crippen LogP contribution in [0, 0.1) is 12.7 Å². The third kappa shape index (κ3) is 1.82. The normalized spacial score (nSPS) is 10.9. The molecule has 1 heterocycles. The number of rotatable bonds is 1. The molecule has 0 bridgehead atoms. The first-order chi connectivity index (χ1) is 7.11. The minimum atomic E-state index is -0.237. The number of benzene rings is 1. The van der Waals surface area contributed by atoms with Gasteiger partial charge in [-0.3, -0.25) is 4.98 Å². The van der Waals surface area contributed by atoms with E-state index in [1.807, 2.05) is 13.0 Å². The summed E-state index contributed by atoms with van der Waals surface area (Å²) < 4.78 is 13.3. The Balaban J connectivity index is 2.80. The van der Waals surface area contributed by atoms with Crippen molar-refractivity contribution < 1.29 is 4.39 Å². The summed E-state index contributed by atoms with van der Waals surface area (Å²) in [5, 5.41) is 1.45. The lowest BCUT2D eigenvalue weighted by Crippen LogP contribution is -1.91. The fourth-order valence-electron chi connectivity index (χ4n) is 1.55. The van der Waals surface area contributed by atoms with Crippen LogP contribution in [0.2, 0.25) is 5.02 Å². The predicted molar refractivity (Wildman–Crippen MR) is 60.8 cm³/mol. The standard InChI is InChI=1S/C12H11ClFN/c1-3-8-5-10(13)9-4-7(2)11(14)6-12(9)15-8/h4-6H,3H2,1-2H3. The fourth-order valence-corrected chi connectivity index (χ4v) is 1.82. The Hall–Kier alpha value is -1.15. The van der Waals surface area contributed by atoms with E-state index < -0.39 is 0 Å². The summed E-state index contributed by atoms with van der Waals surface area (Å²) in [6.45, 7) is 3.72. The van der Waals surface area contributed by atoms with Crippen molar-refractivity contribution in [2.24, 2.45) is 0 Å². The molecule has 0 saturated heterocycles. The third-order valence-corrected chi connectivity index (χ3v) is 2.77. The Morgan fingerprint density at radius 1 is 1.33 bits per heavy atom.